The molecule has 2 N–H and O–H groups in total. The second-order valence-electron chi connectivity index (χ2n) is 1.51. The first-order valence-electron chi connectivity index (χ1n) is 2.45. The van der Waals surface area contributed by atoms with Gasteiger partial charge in [-0.25, -0.2) is 0 Å². The van der Waals surface area contributed by atoms with Gasteiger partial charge in [-0.15, -0.1) is 12.4 Å². The van der Waals surface area contributed by atoms with E-state index in [1.54, 1.807) is 0 Å². The van der Waals surface area contributed by atoms with Crippen LogP contribution in [0.15, 0.2) is 30.3 Å². The SMILES string of the molecule is Cl.NPc1ccccc1. The Morgan fingerprint density at radius 2 is 1.67 bits per heavy atom. The number of hydrogen-bond acceptors (Lipinski definition) is 1. The topological polar surface area (TPSA) is 26.0 Å². The minimum Gasteiger partial charge on any atom is -0.308 e. The molecule has 0 aliphatic rings. The summed E-state index contributed by atoms with van der Waals surface area (Å²) in [7, 11) is 0.430. The van der Waals surface area contributed by atoms with Gasteiger partial charge < -0.3 is 5.50 Å². The molecule has 3 heteroatoms. The molecule has 1 unspecified atom stereocenters. The Morgan fingerprint density at radius 1 is 1.11 bits per heavy atom. The van der Waals surface area contributed by atoms with E-state index in [1.807, 2.05) is 30.3 Å². The fourth-order valence-corrected chi connectivity index (χ4v) is 0.919. The number of halogens is 1. The second kappa shape index (κ2) is 4.75. The molecule has 0 spiro atoms. The monoisotopic (exact) mass is 161 g/mol. The summed E-state index contributed by atoms with van der Waals surface area (Å²) in [5.41, 5.74) is 5.38. The normalized spacial score (nSPS) is 9.44. The molecule has 0 radical (unpaired) electrons. The van der Waals surface area contributed by atoms with Crippen LogP contribution in [0.2, 0.25) is 0 Å². The molecule has 0 heterocycles. The maximum atomic E-state index is 5.38. The maximum absolute atomic E-state index is 5.38. The quantitative estimate of drug-likeness (QED) is 0.617. The van der Waals surface area contributed by atoms with Gasteiger partial charge in [0.2, 0.25) is 0 Å². The molecule has 0 saturated heterocycles. The van der Waals surface area contributed by atoms with Gasteiger partial charge in [0.15, 0.2) is 0 Å². The molecule has 1 rings (SSSR count). The van der Waals surface area contributed by atoms with Gasteiger partial charge in [-0.1, -0.05) is 30.3 Å². The van der Waals surface area contributed by atoms with Crippen molar-refractivity contribution in [3.05, 3.63) is 30.3 Å². The van der Waals surface area contributed by atoms with Crippen molar-refractivity contribution >= 4 is 26.4 Å². The summed E-state index contributed by atoms with van der Waals surface area (Å²) in [6.45, 7) is 0. The average Bonchev–Trinajstić information content (AvgIpc) is 1.90. The van der Waals surface area contributed by atoms with Crippen LogP contribution in [-0.4, -0.2) is 0 Å². The second-order valence-corrected chi connectivity index (χ2v) is 2.38. The largest absolute Gasteiger partial charge is 0.308 e. The smallest absolute Gasteiger partial charge is 0.0127 e. The van der Waals surface area contributed by atoms with Gasteiger partial charge in [0.05, 0.1) is 0 Å². The summed E-state index contributed by atoms with van der Waals surface area (Å²) in [6, 6.07) is 10.0. The third-order valence-electron chi connectivity index (χ3n) is 0.940. The van der Waals surface area contributed by atoms with Crippen LogP contribution in [0.4, 0.5) is 0 Å². The number of nitrogens with two attached hydrogens (primary N) is 1. The number of rotatable bonds is 1. The number of benzene rings is 1. The Morgan fingerprint density at radius 3 is 2.00 bits per heavy atom. The zero-order valence-electron chi connectivity index (χ0n) is 4.87. The Labute approximate surface area is 62.9 Å². The third kappa shape index (κ3) is 2.81. The van der Waals surface area contributed by atoms with Crippen molar-refractivity contribution in [2.45, 2.75) is 0 Å². The highest BCUT2D eigenvalue weighted by Gasteiger charge is 1.80. The highest BCUT2D eigenvalue weighted by Crippen LogP contribution is 1.95. The highest BCUT2D eigenvalue weighted by molar-refractivity contribution is 7.44. The van der Waals surface area contributed by atoms with Gasteiger partial charge in [0, 0.05) is 0 Å². The lowest BCUT2D eigenvalue weighted by Gasteiger charge is -1.89. The van der Waals surface area contributed by atoms with Crippen LogP contribution < -0.4 is 10.8 Å². The van der Waals surface area contributed by atoms with Gasteiger partial charge in [-0.3, -0.25) is 0 Å². The van der Waals surface area contributed by atoms with Crippen molar-refractivity contribution in [2.75, 3.05) is 0 Å². The first kappa shape index (κ1) is 8.90. The molecule has 0 amide bonds. The van der Waals surface area contributed by atoms with Gasteiger partial charge in [0.25, 0.3) is 0 Å². The Bertz CT molecular complexity index is 154. The van der Waals surface area contributed by atoms with Crippen LogP contribution in [0, 0.1) is 0 Å². The zero-order chi connectivity index (χ0) is 5.82. The van der Waals surface area contributed by atoms with E-state index in [0.29, 0.717) is 8.73 Å². The molecule has 0 fully saturated rings. The molecule has 0 aliphatic carbocycles. The summed E-state index contributed by atoms with van der Waals surface area (Å²) in [5.74, 6) is 0. The van der Waals surface area contributed by atoms with E-state index in [0.717, 1.165) is 0 Å². The molecule has 9 heavy (non-hydrogen) atoms. The Balaban J connectivity index is 0.000000640. The first-order chi connectivity index (χ1) is 3.93. The van der Waals surface area contributed by atoms with Gasteiger partial charge in [-0.2, -0.15) is 0 Å². The average molecular weight is 162 g/mol. The molecule has 0 aliphatic heterocycles. The van der Waals surface area contributed by atoms with Crippen LogP contribution in [0.1, 0.15) is 0 Å². The molecule has 0 bridgehead atoms. The summed E-state index contributed by atoms with van der Waals surface area (Å²) in [5, 5.41) is 1.22. The fraction of sp³-hybridized carbons (Fsp3) is 0. The molecular weight excluding hydrogens is 152 g/mol. The Hall–Kier alpha value is -0.100. The van der Waals surface area contributed by atoms with Crippen LogP contribution in [-0.2, 0) is 0 Å². The molecule has 50 valence electrons. The molecule has 1 nitrogen and oxygen atoms in total. The Kier molecular flexibility index (Phi) is 4.70. The molecule has 0 aromatic heterocycles. The summed E-state index contributed by atoms with van der Waals surface area (Å²) in [4.78, 5) is 0. The lowest BCUT2D eigenvalue weighted by molar-refractivity contribution is 1.77. The summed E-state index contributed by atoms with van der Waals surface area (Å²) < 4.78 is 0. The van der Waals surface area contributed by atoms with E-state index >= 15 is 0 Å². The minimum absolute atomic E-state index is 0. The van der Waals surface area contributed by atoms with Crippen molar-refractivity contribution in [3.63, 3.8) is 0 Å². The predicted octanol–water partition coefficient (Wildman–Crippen LogP) is 1.29. The van der Waals surface area contributed by atoms with Gasteiger partial charge >= 0.3 is 0 Å². The van der Waals surface area contributed by atoms with Crippen LogP contribution in [0.5, 0.6) is 0 Å². The van der Waals surface area contributed by atoms with Gasteiger partial charge in [-0.05, 0) is 14.0 Å². The van der Waals surface area contributed by atoms with Crippen molar-refractivity contribution in [1.82, 2.24) is 0 Å². The standard InChI is InChI=1S/C6H8NP.ClH/c7-8-6-4-2-1-3-5-6;/h1-5,8H,7H2;1H. The lowest BCUT2D eigenvalue weighted by atomic mass is 10.4. The van der Waals surface area contributed by atoms with E-state index in [-0.39, 0.29) is 12.4 Å². The van der Waals surface area contributed by atoms with Gasteiger partial charge in [0.1, 0.15) is 0 Å². The van der Waals surface area contributed by atoms with E-state index in [1.165, 1.54) is 5.30 Å². The fourth-order valence-electron chi connectivity index (χ4n) is 0.534. The molecular formula is C6H9ClNP. The van der Waals surface area contributed by atoms with E-state index in [4.69, 9.17) is 5.50 Å². The zero-order valence-corrected chi connectivity index (χ0v) is 6.69. The predicted molar refractivity (Wildman–Crippen MR) is 45.8 cm³/mol. The molecule has 0 saturated carbocycles. The number of hydrogen-bond donors (Lipinski definition) is 1. The highest BCUT2D eigenvalue weighted by atomic mass is 35.5. The van der Waals surface area contributed by atoms with Crippen molar-refractivity contribution in [1.29, 1.82) is 0 Å². The van der Waals surface area contributed by atoms with E-state index < -0.39 is 0 Å². The molecule has 1 aromatic carbocycles. The molecule has 1 atom stereocenters. The van der Waals surface area contributed by atoms with E-state index in [9.17, 15) is 0 Å². The summed E-state index contributed by atoms with van der Waals surface area (Å²) >= 11 is 0. The van der Waals surface area contributed by atoms with Crippen molar-refractivity contribution < 1.29 is 0 Å². The first-order valence-corrected chi connectivity index (χ1v) is 3.53. The van der Waals surface area contributed by atoms with Crippen molar-refractivity contribution in [3.8, 4) is 0 Å². The van der Waals surface area contributed by atoms with E-state index in [2.05, 4.69) is 0 Å². The maximum Gasteiger partial charge on any atom is -0.0127 e. The van der Waals surface area contributed by atoms with Crippen LogP contribution in [0.3, 0.4) is 0 Å². The van der Waals surface area contributed by atoms with Crippen LogP contribution >= 0.6 is 21.1 Å². The minimum atomic E-state index is 0. The third-order valence-corrected chi connectivity index (χ3v) is 1.61. The molecule has 1 aromatic rings. The van der Waals surface area contributed by atoms with Crippen LogP contribution in [0.25, 0.3) is 0 Å². The lowest BCUT2D eigenvalue weighted by Crippen LogP contribution is -1.94. The summed E-state index contributed by atoms with van der Waals surface area (Å²) in [6.07, 6.45) is 0. The van der Waals surface area contributed by atoms with Crippen molar-refractivity contribution in [2.24, 2.45) is 5.50 Å².